The maximum absolute atomic E-state index is 10.6. The van der Waals surface area contributed by atoms with Gasteiger partial charge in [-0.1, -0.05) is 17.7 Å². The molecule has 0 aromatic heterocycles. The van der Waals surface area contributed by atoms with Crippen LogP contribution in [-0.2, 0) is 9.59 Å². The summed E-state index contributed by atoms with van der Waals surface area (Å²) in [7, 11) is 0. The molecule has 0 spiro atoms. The lowest BCUT2D eigenvalue weighted by molar-refractivity contribution is -0.193. The lowest BCUT2D eigenvalue weighted by Crippen LogP contribution is -2.53. The molecule has 4 N–H and O–H groups in total. The second kappa shape index (κ2) is 12.3. The minimum absolute atomic E-state index is 0.224. The number of benzene rings is 1. The lowest BCUT2D eigenvalue weighted by Gasteiger charge is -2.39. The van der Waals surface area contributed by atoms with Crippen molar-refractivity contribution in [2.24, 2.45) is 0 Å². The van der Waals surface area contributed by atoms with E-state index >= 15 is 0 Å². The van der Waals surface area contributed by atoms with Gasteiger partial charge in [0.1, 0.15) is 0 Å². The summed E-state index contributed by atoms with van der Waals surface area (Å²) in [5.74, 6) is -5.51. The molecule has 0 amide bonds. The first-order chi connectivity index (χ1) is 15.1. The van der Waals surface area contributed by atoms with Gasteiger partial charge in [0.05, 0.1) is 6.10 Å². The summed E-state index contributed by atoms with van der Waals surface area (Å²) < 4.78 is 63.5. The fourth-order valence-electron chi connectivity index (χ4n) is 3.01. The van der Waals surface area contributed by atoms with E-state index in [1.165, 1.54) is 5.69 Å². The van der Waals surface area contributed by atoms with Gasteiger partial charge in [-0.15, -0.1) is 0 Å². The van der Waals surface area contributed by atoms with Crippen molar-refractivity contribution in [3.05, 3.63) is 29.3 Å². The predicted molar refractivity (Wildman–Crippen MR) is 105 cm³/mol. The number of hydrogen-bond acceptors (Lipinski definition) is 6. The summed E-state index contributed by atoms with van der Waals surface area (Å²) in [6.45, 7) is 5.59. The summed E-state index contributed by atoms with van der Waals surface area (Å²) in [5, 5.41) is 28.2. The van der Waals surface area contributed by atoms with Crippen LogP contribution in [0.3, 0.4) is 0 Å². The van der Waals surface area contributed by atoms with Crippen LogP contribution < -0.4 is 10.2 Å². The van der Waals surface area contributed by atoms with Gasteiger partial charge < -0.3 is 25.5 Å². The minimum atomic E-state index is -5.08. The van der Waals surface area contributed by atoms with Crippen molar-refractivity contribution in [2.45, 2.75) is 24.5 Å². The van der Waals surface area contributed by atoms with Gasteiger partial charge in [-0.25, -0.2) is 9.59 Å². The fourth-order valence-corrected chi connectivity index (χ4v) is 3.19. The number of alkyl halides is 6. The van der Waals surface area contributed by atoms with Crippen LogP contribution in [0.4, 0.5) is 32.0 Å². The second-order valence-electron chi connectivity index (χ2n) is 6.90. The average molecular weight is 510 g/mol. The number of nitrogens with zero attached hydrogens (tertiary/aromatic N) is 2. The molecule has 2 heterocycles. The number of hydrogen-bond donors (Lipinski definition) is 4. The van der Waals surface area contributed by atoms with Crippen molar-refractivity contribution in [1.82, 2.24) is 10.2 Å². The monoisotopic (exact) mass is 509 g/mol. The van der Waals surface area contributed by atoms with Gasteiger partial charge in [-0.2, -0.15) is 26.3 Å². The molecule has 15 heteroatoms. The van der Waals surface area contributed by atoms with Crippen LogP contribution in [0.5, 0.6) is 0 Å². The van der Waals surface area contributed by atoms with Crippen LogP contribution in [-0.4, -0.2) is 95.9 Å². The number of aliphatic carboxylic acids is 2. The molecule has 1 aromatic rings. The highest BCUT2D eigenvalue weighted by Gasteiger charge is 2.39. The number of carbonyl (C=O) groups is 2. The molecule has 2 saturated heterocycles. The number of anilines is 1. The van der Waals surface area contributed by atoms with Crippen LogP contribution in [0.2, 0.25) is 5.02 Å². The predicted octanol–water partition coefficient (Wildman–Crippen LogP) is 2.06. The standard InChI is InChI=1S/C14H20ClN3O.2C2HF3O2/c15-11-2-1-3-12(8-11)17-4-6-18(7-5-17)13-9-16-10-14(13)19;2*3-2(4,5)1(6)7/h1-3,8,13-14,16,19H,4-7,9-10H2;2*(H,6,7)/t13-,14-;;/m0../s1. The van der Waals surface area contributed by atoms with Crippen molar-refractivity contribution in [2.75, 3.05) is 44.2 Å². The molecule has 3 rings (SSSR count). The van der Waals surface area contributed by atoms with Gasteiger partial charge in [-0.3, -0.25) is 4.90 Å². The minimum Gasteiger partial charge on any atom is -0.475 e. The van der Waals surface area contributed by atoms with Crippen LogP contribution in [0.25, 0.3) is 0 Å². The summed E-state index contributed by atoms with van der Waals surface area (Å²) in [6, 6.07) is 8.30. The molecule has 188 valence electrons. The smallest absolute Gasteiger partial charge is 0.475 e. The zero-order valence-corrected chi connectivity index (χ0v) is 17.7. The van der Waals surface area contributed by atoms with Crippen molar-refractivity contribution in [3.8, 4) is 0 Å². The van der Waals surface area contributed by atoms with Gasteiger partial charge in [-0.05, 0) is 18.2 Å². The molecule has 0 unspecified atom stereocenters. The number of aliphatic hydroxyl groups is 1. The molecule has 0 aliphatic carbocycles. The van der Waals surface area contributed by atoms with Crippen molar-refractivity contribution < 1.29 is 51.3 Å². The van der Waals surface area contributed by atoms with Crippen LogP contribution in [0.15, 0.2) is 24.3 Å². The Hall–Kier alpha value is -2.29. The number of β-amino-alcohol motifs (C(OH)–C–C–N with tert-alkyl or cyclic N) is 1. The van der Waals surface area contributed by atoms with Gasteiger partial charge in [0, 0.05) is 56.0 Å². The molecule has 2 atom stereocenters. The zero-order valence-electron chi connectivity index (χ0n) is 16.9. The molecule has 0 radical (unpaired) electrons. The largest absolute Gasteiger partial charge is 0.490 e. The topological polar surface area (TPSA) is 113 Å². The molecule has 2 aliphatic heterocycles. The highest BCUT2D eigenvalue weighted by Crippen LogP contribution is 2.22. The third-order valence-electron chi connectivity index (χ3n) is 4.59. The van der Waals surface area contributed by atoms with E-state index in [-0.39, 0.29) is 12.1 Å². The van der Waals surface area contributed by atoms with Crippen molar-refractivity contribution in [3.63, 3.8) is 0 Å². The fraction of sp³-hybridized carbons (Fsp3) is 0.556. The molecule has 0 bridgehead atoms. The molecular weight excluding hydrogens is 488 g/mol. The molecular formula is C18H22ClF6N3O5. The van der Waals surface area contributed by atoms with E-state index in [4.69, 9.17) is 31.4 Å². The first kappa shape index (κ1) is 28.7. The third kappa shape index (κ3) is 10.0. The van der Waals surface area contributed by atoms with E-state index in [0.29, 0.717) is 0 Å². The van der Waals surface area contributed by atoms with E-state index in [1.54, 1.807) is 0 Å². The molecule has 0 saturated carbocycles. The number of halogens is 7. The van der Waals surface area contributed by atoms with E-state index in [2.05, 4.69) is 21.2 Å². The van der Waals surface area contributed by atoms with E-state index in [0.717, 1.165) is 44.3 Å². The molecule has 33 heavy (non-hydrogen) atoms. The number of piperazine rings is 1. The first-order valence-corrected chi connectivity index (χ1v) is 9.74. The molecule has 2 aliphatic rings. The number of nitrogens with one attached hydrogen (secondary N) is 1. The number of aliphatic hydroxyl groups excluding tert-OH is 1. The lowest BCUT2D eigenvalue weighted by atomic mass is 10.1. The Morgan fingerprint density at radius 2 is 1.42 bits per heavy atom. The highest BCUT2D eigenvalue weighted by atomic mass is 35.5. The number of carboxylic acids is 2. The average Bonchev–Trinajstić information content (AvgIpc) is 3.13. The van der Waals surface area contributed by atoms with Gasteiger partial charge in [0.2, 0.25) is 0 Å². The maximum Gasteiger partial charge on any atom is 0.490 e. The highest BCUT2D eigenvalue weighted by molar-refractivity contribution is 6.30. The third-order valence-corrected chi connectivity index (χ3v) is 4.83. The maximum atomic E-state index is 10.6. The summed E-state index contributed by atoms with van der Waals surface area (Å²) in [5.41, 5.74) is 1.19. The Balaban J connectivity index is 0.000000324. The Morgan fingerprint density at radius 3 is 1.79 bits per heavy atom. The Bertz CT molecular complexity index is 764. The summed E-state index contributed by atoms with van der Waals surface area (Å²) >= 11 is 6.04. The summed E-state index contributed by atoms with van der Waals surface area (Å²) in [4.78, 5) is 22.5. The van der Waals surface area contributed by atoms with E-state index in [9.17, 15) is 31.4 Å². The number of carboxylic acid groups (broad SMARTS) is 2. The van der Waals surface area contributed by atoms with Gasteiger partial charge in [0.25, 0.3) is 0 Å². The molecule has 8 nitrogen and oxygen atoms in total. The van der Waals surface area contributed by atoms with Gasteiger partial charge >= 0.3 is 24.3 Å². The normalized spacial score (nSPS) is 21.4. The van der Waals surface area contributed by atoms with Crippen LogP contribution in [0.1, 0.15) is 0 Å². The Labute approximate surface area is 189 Å². The van der Waals surface area contributed by atoms with Crippen molar-refractivity contribution >= 4 is 29.2 Å². The van der Waals surface area contributed by atoms with Crippen LogP contribution in [0, 0.1) is 0 Å². The molecule has 1 aromatic carbocycles. The SMILES string of the molecule is O=C(O)C(F)(F)F.O=C(O)C(F)(F)F.O[C@H]1CNC[C@@H]1N1CCN(c2cccc(Cl)c2)CC1. The zero-order chi connectivity index (χ0) is 25.4. The Kier molecular flexibility index (Phi) is 10.7. The number of rotatable bonds is 2. The molecule has 2 fully saturated rings. The first-order valence-electron chi connectivity index (χ1n) is 9.36. The van der Waals surface area contributed by atoms with E-state index < -0.39 is 24.3 Å². The Morgan fingerprint density at radius 1 is 0.939 bits per heavy atom. The summed E-state index contributed by atoms with van der Waals surface area (Å²) in [6.07, 6.45) is -10.4. The second-order valence-corrected chi connectivity index (χ2v) is 7.34. The van der Waals surface area contributed by atoms with Crippen LogP contribution >= 0.6 is 11.6 Å². The quantitative estimate of drug-likeness (QED) is 0.448. The van der Waals surface area contributed by atoms with E-state index in [1.807, 2.05) is 18.2 Å². The van der Waals surface area contributed by atoms with Crippen molar-refractivity contribution in [1.29, 1.82) is 0 Å². The van der Waals surface area contributed by atoms with Gasteiger partial charge in [0.15, 0.2) is 0 Å².